The van der Waals surface area contributed by atoms with Gasteiger partial charge >= 0.3 is 0 Å². The van der Waals surface area contributed by atoms with Crippen molar-refractivity contribution in [3.05, 3.63) is 42.0 Å². The molecule has 1 atom stereocenters. The fraction of sp³-hybridized carbons (Fsp3) is 0.476. The number of likely N-dealkylation sites (tertiary alicyclic amines) is 1. The van der Waals surface area contributed by atoms with E-state index in [2.05, 4.69) is 11.9 Å². The summed E-state index contributed by atoms with van der Waals surface area (Å²) < 4.78 is 0. The first kappa shape index (κ1) is 19.1. The third-order valence-corrected chi connectivity index (χ3v) is 5.36. The van der Waals surface area contributed by atoms with E-state index in [9.17, 15) is 14.4 Å². The number of fused-ring (bicyclic) bond motifs is 1. The molecule has 2 aliphatic rings. The number of anilines is 1. The van der Waals surface area contributed by atoms with Crippen LogP contribution in [-0.4, -0.2) is 48.3 Å². The summed E-state index contributed by atoms with van der Waals surface area (Å²) in [6, 6.07) is 5.63. The Balaban J connectivity index is 1.81. The predicted molar refractivity (Wildman–Crippen MR) is 105 cm³/mol. The average Bonchev–Trinajstić information content (AvgIpc) is 2.70. The Hall–Kier alpha value is -2.63. The Morgan fingerprint density at radius 1 is 1.22 bits per heavy atom. The number of aryl methyl sites for hydroxylation is 1. The van der Waals surface area contributed by atoms with E-state index in [1.807, 2.05) is 17.0 Å². The number of amides is 3. The molecule has 0 spiro atoms. The van der Waals surface area contributed by atoms with Crippen LogP contribution in [0.5, 0.6) is 0 Å². The molecule has 2 heterocycles. The summed E-state index contributed by atoms with van der Waals surface area (Å²) in [5.41, 5.74) is 2.55. The van der Waals surface area contributed by atoms with Crippen LogP contribution in [0.2, 0.25) is 0 Å². The zero-order valence-corrected chi connectivity index (χ0v) is 15.9. The van der Waals surface area contributed by atoms with Gasteiger partial charge in [-0.3, -0.25) is 14.4 Å². The second-order valence-corrected chi connectivity index (χ2v) is 7.23. The molecular formula is C21H27N3O3. The van der Waals surface area contributed by atoms with Gasteiger partial charge in [0.1, 0.15) is 0 Å². The Morgan fingerprint density at radius 3 is 2.78 bits per heavy atom. The van der Waals surface area contributed by atoms with Crippen LogP contribution in [0, 0.1) is 0 Å². The lowest BCUT2D eigenvalue weighted by Crippen LogP contribution is -2.49. The minimum absolute atomic E-state index is 0.0000210. The first-order valence-electron chi connectivity index (χ1n) is 9.63. The molecule has 27 heavy (non-hydrogen) atoms. The molecule has 6 heteroatoms. The Kier molecular flexibility index (Phi) is 5.94. The number of nitrogens with one attached hydrogen (secondary N) is 1. The number of hydrogen-bond donors (Lipinski definition) is 1. The van der Waals surface area contributed by atoms with E-state index in [0.29, 0.717) is 25.2 Å². The first-order valence-corrected chi connectivity index (χ1v) is 9.63. The van der Waals surface area contributed by atoms with Crippen LogP contribution in [0.25, 0.3) is 0 Å². The molecular weight excluding hydrogens is 342 g/mol. The highest BCUT2D eigenvalue weighted by molar-refractivity contribution is 6.02. The van der Waals surface area contributed by atoms with Crippen LogP contribution in [0.4, 0.5) is 5.69 Å². The molecule has 6 nitrogen and oxygen atoms in total. The van der Waals surface area contributed by atoms with Crippen LogP contribution >= 0.6 is 0 Å². The van der Waals surface area contributed by atoms with Crippen molar-refractivity contribution in [2.24, 2.45) is 0 Å². The molecule has 3 amide bonds. The molecule has 0 saturated carbocycles. The summed E-state index contributed by atoms with van der Waals surface area (Å²) in [5, 5.41) is 2.84. The summed E-state index contributed by atoms with van der Waals surface area (Å²) in [5.74, 6) is -0.185. The van der Waals surface area contributed by atoms with E-state index >= 15 is 0 Å². The van der Waals surface area contributed by atoms with Gasteiger partial charge in [0.2, 0.25) is 11.8 Å². The van der Waals surface area contributed by atoms with Crippen molar-refractivity contribution in [1.82, 2.24) is 10.2 Å². The number of benzene rings is 1. The summed E-state index contributed by atoms with van der Waals surface area (Å²) in [4.78, 5) is 40.1. The zero-order valence-electron chi connectivity index (χ0n) is 15.9. The van der Waals surface area contributed by atoms with Gasteiger partial charge < -0.3 is 15.1 Å². The van der Waals surface area contributed by atoms with E-state index < -0.39 is 0 Å². The van der Waals surface area contributed by atoms with Crippen molar-refractivity contribution in [3.8, 4) is 0 Å². The second-order valence-electron chi connectivity index (χ2n) is 7.23. The van der Waals surface area contributed by atoms with Crippen molar-refractivity contribution in [2.75, 3.05) is 24.5 Å². The third-order valence-electron chi connectivity index (χ3n) is 5.36. The van der Waals surface area contributed by atoms with Gasteiger partial charge in [0.05, 0.1) is 0 Å². The summed E-state index contributed by atoms with van der Waals surface area (Å²) in [6.45, 7) is 6.95. The number of rotatable bonds is 4. The normalized spacial score (nSPS) is 19.2. The topological polar surface area (TPSA) is 69.7 Å². The van der Waals surface area contributed by atoms with Gasteiger partial charge in [-0.2, -0.15) is 0 Å². The van der Waals surface area contributed by atoms with Gasteiger partial charge in [0.25, 0.3) is 5.91 Å². The number of carbonyl (C=O) groups is 3. The average molecular weight is 369 g/mol. The van der Waals surface area contributed by atoms with Crippen LogP contribution in [0.1, 0.15) is 48.5 Å². The van der Waals surface area contributed by atoms with E-state index in [0.717, 1.165) is 43.4 Å². The summed E-state index contributed by atoms with van der Waals surface area (Å²) >= 11 is 0. The first-order chi connectivity index (χ1) is 13.0. The highest BCUT2D eigenvalue weighted by Gasteiger charge is 2.29. The number of carbonyl (C=O) groups excluding carboxylic acids is 3. The lowest BCUT2D eigenvalue weighted by Gasteiger charge is -2.36. The summed E-state index contributed by atoms with van der Waals surface area (Å²) in [6.07, 6.45) is 6.00. The highest BCUT2D eigenvalue weighted by Crippen LogP contribution is 2.29. The fourth-order valence-electron chi connectivity index (χ4n) is 3.98. The maximum absolute atomic E-state index is 13.1. The predicted octanol–water partition coefficient (Wildman–Crippen LogP) is 2.28. The van der Waals surface area contributed by atoms with Gasteiger partial charge in [-0.05, 0) is 61.9 Å². The Morgan fingerprint density at radius 2 is 2.04 bits per heavy atom. The van der Waals surface area contributed by atoms with E-state index in [1.165, 1.54) is 13.0 Å². The van der Waals surface area contributed by atoms with Gasteiger partial charge in [0.15, 0.2) is 0 Å². The molecule has 144 valence electrons. The molecule has 0 bridgehead atoms. The molecule has 1 unspecified atom stereocenters. The number of nitrogens with zero attached hydrogens (tertiary/aromatic N) is 2. The standard InChI is InChI=1S/C21H27N3O3/c1-3-20(26)24-12-6-7-16-13-17(9-10-19(16)24)21(27)23-11-5-4-8-18(23)14-22-15(2)25/h3,9-10,13,18H,1,4-8,11-12,14H2,2H3,(H,22,25). The smallest absolute Gasteiger partial charge is 0.254 e. The van der Waals surface area contributed by atoms with Gasteiger partial charge in [-0.15, -0.1) is 0 Å². The Bertz CT molecular complexity index is 759. The van der Waals surface area contributed by atoms with E-state index in [1.54, 1.807) is 11.0 Å². The molecule has 1 N–H and O–H groups in total. The molecule has 2 aliphatic heterocycles. The summed E-state index contributed by atoms with van der Waals surface area (Å²) in [7, 11) is 0. The third kappa shape index (κ3) is 4.21. The maximum Gasteiger partial charge on any atom is 0.254 e. The minimum atomic E-state index is -0.110. The fourth-order valence-corrected chi connectivity index (χ4v) is 3.98. The van der Waals surface area contributed by atoms with Crippen LogP contribution in [0.3, 0.4) is 0 Å². The molecule has 0 aromatic heterocycles. The quantitative estimate of drug-likeness (QED) is 0.828. The molecule has 1 saturated heterocycles. The molecule has 1 fully saturated rings. The monoisotopic (exact) mass is 369 g/mol. The highest BCUT2D eigenvalue weighted by atomic mass is 16.2. The van der Waals surface area contributed by atoms with E-state index in [4.69, 9.17) is 0 Å². The van der Waals surface area contributed by atoms with Crippen molar-refractivity contribution in [3.63, 3.8) is 0 Å². The van der Waals surface area contributed by atoms with Crippen molar-refractivity contribution < 1.29 is 14.4 Å². The molecule has 0 radical (unpaired) electrons. The Labute approximate surface area is 160 Å². The van der Waals surface area contributed by atoms with Crippen LogP contribution in [-0.2, 0) is 16.0 Å². The van der Waals surface area contributed by atoms with Crippen LogP contribution in [0.15, 0.2) is 30.9 Å². The maximum atomic E-state index is 13.1. The van der Waals surface area contributed by atoms with Gasteiger partial charge in [-0.1, -0.05) is 6.58 Å². The SMILES string of the molecule is C=CC(=O)N1CCCc2cc(C(=O)N3CCCCC3CNC(C)=O)ccc21. The zero-order chi connectivity index (χ0) is 19.4. The number of piperidine rings is 1. The molecule has 0 aliphatic carbocycles. The van der Waals surface area contributed by atoms with Gasteiger partial charge in [0, 0.05) is 43.9 Å². The molecule has 1 aromatic rings. The number of hydrogen-bond acceptors (Lipinski definition) is 3. The van der Waals surface area contributed by atoms with Gasteiger partial charge in [-0.25, -0.2) is 0 Å². The lowest BCUT2D eigenvalue weighted by molar-refractivity contribution is -0.119. The lowest BCUT2D eigenvalue weighted by atomic mass is 9.96. The van der Waals surface area contributed by atoms with Crippen molar-refractivity contribution >= 4 is 23.4 Å². The second kappa shape index (κ2) is 8.37. The minimum Gasteiger partial charge on any atom is -0.354 e. The van der Waals surface area contributed by atoms with E-state index in [-0.39, 0.29) is 23.8 Å². The van der Waals surface area contributed by atoms with Crippen molar-refractivity contribution in [1.29, 1.82) is 0 Å². The van der Waals surface area contributed by atoms with Crippen molar-refractivity contribution in [2.45, 2.75) is 45.1 Å². The molecule has 1 aromatic carbocycles. The molecule has 3 rings (SSSR count). The largest absolute Gasteiger partial charge is 0.354 e. The van der Waals surface area contributed by atoms with Crippen LogP contribution < -0.4 is 10.2 Å².